The van der Waals surface area contributed by atoms with Crippen molar-refractivity contribution in [1.29, 1.82) is 0 Å². The van der Waals surface area contributed by atoms with Gasteiger partial charge in [-0.2, -0.15) is 0 Å². The van der Waals surface area contributed by atoms with Gasteiger partial charge < -0.3 is 10.2 Å². The number of hydrogen-bond donors (Lipinski definition) is 1. The first-order chi connectivity index (χ1) is 13.8. The molecule has 6 nitrogen and oxygen atoms in total. The van der Waals surface area contributed by atoms with Crippen LogP contribution in [0, 0.1) is 0 Å². The number of carbonyl (C=O) groups is 1. The molecule has 1 fully saturated rings. The van der Waals surface area contributed by atoms with Crippen LogP contribution in [0.3, 0.4) is 0 Å². The molecule has 0 saturated carbocycles. The molecule has 28 heavy (non-hydrogen) atoms. The van der Waals surface area contributed by atoms with Crippen LogP contribution in [0.2, 0.25) is 0 Å². The van der Waals surface area contributed by atoms with Crippen LogP contribution in [0.5, 0.6) is 0 Å². The maximum atomic E-state index is 13.4. The van der Waals surface area contributed by atoms with Gasteiger partial charge in [0.05, 0.1) is 10.6 Å². The predicted molar refractivity (Wildman–Crippen MR) is 112 cm³/mol. The third-order valence-electron chi connectivity index (χ3n) is 5.02. The van der Waals surface area contributed by atoms with Gasteiger partial charge in [0, 0.05) is 12.6 Å². The van der Waals surface area contributed by atoms with E-state index in [0.29, 0.717) is 5.82 Å². The minimum atomic E-state index is -0.0683. The van der Waals surface area contributed by atoms with Crippen LogP contribution in [-0.4, -0.2) is 51.2 Å². The number of piperidine rings is 1. The van der Waals surface area contributed by atoms with Crippen molar-refractivity contribution < 1.29 is 4.79 Å². The molecular weight excluding hydrogens is 370 g/mol. The van der Waals surface area contributed by atoms with Crippen molar-refractivity contribution in [2.45, 2.75) is 32.2 Å². The normalized spacial score (nSPS) is 14.9. The zero-order chi connectivity index (χ0) is 19.3. The van der Waals surface area contributed by atoms with Gasteiger partial charge in [0.1, 0.15) is 0 Å². The molecule has 1 aliphatic heterocycles. The molecule has 1 amide bonds. The minimum Gasteiger partial charge on any atom is -0.333 e. The van der Waals surface area contributed by atoms with E-state index in [9.17, 15) is 4.79 Å². The van der Waals surface area contributed by atoms with Crippen molar-refractivity contribution >= 4 is 17.2 Å². The summed E-state index contributed by atoms with van der Waals surface area (Å²) in [4.78, 5) is 21.0. The summed E-state index contributed by atoms with van der Waals surface area (Å²) in [6.45, 7) is 4.74. The molecule has 3 heterocycles. The molecule has 0 aliphatic carbocycles. The molecule has 0 atom stereocenters. The first kappa shape index (κ1) is 18.8. The van der Waals surface area contributed by atoms with E-state index in [1.807, 2.05) is 52.7 Å². The van der Waals surface area contributed by atoms with E-state index in [0.717, 1.165) is 49.5 Å². The Morgan fingerprint density at radius 1 is 1.21 bits per heavy atom. The molecule has 7 heteroatoms. The van der Waals surface area contributed by atoms with E-state index < -0.39 is 0 Å². The number of thiophene rings is 1. The molecule has 1 N–H and O–H groups in total. The average molecular weight is 396 g/mol. The largest absolute Gasteiger partial charge is 0.333 e. The van der Waals surface area contributed by atoms with Crippen LogP contribution in [0.25, 0.3) is 16.4 Å². The number of nitrogens with one attached hydrogen (secondary N) is 1. The maximum Gasteiger partial charge on any atom is 0.293 e. The Kier molecular flexibility index (Phi) is 5.83. The van der Waals surface area contributed by atoms with Crippen LogP contribution in [-0.2, 0) is 0 Å². The topological polar surface area (TPSA) is 63.1 Å². The fourth-order valence-electron chi connectivity index (χ4n) is 3.65. The monoisotopic (exact) mass is 395 g/mol. The lowest BCUT2D eigenvalue weighted by Crippen LogP contribution is -2.46. The van der Waals surface area contributed by atoms with Crippen molar-refractivity contribution in [2.24, 2.45) is 0 Å². The van der Waals surface area contributed by atoms with Crippen molar-refractivity contribution in [2.75, 3.05) is 19.6 Å². The summed E-state index contributed by atoms with van der Waals surface area (Å²) in [7, 11) is 0. The highest BCUT2D eigenvalue weighted by molar-refractivity contribution is 7.13. The highest BCUT2D eigenvalue weighted by atomic mass is 32.1. The third kappa shape index (κ3) is 3.86. The molecule has 0 unspecified atom stereocenters. The van der Waals surface area contributed by atoms with Crippen molar-refractivity contribution in [3.8, 4) is 16.4 Å². The SMILES string of the molecule is CCCN(C(=O)c1nc(-c2cccs2)n(-c2ccccc2)n1)C1CCNCC1. The fraction of sp³-hybridized carbons (Fsp3) is 0.381. The van der Waals surface area contributed by atoms with Crippen LogP contribution < -0.4 is 5.32 Å². The minimum absolute atomic E-state index is 0.0683. The van der Waals surface area contributed by atoms with Crippen LogP contribution in [0.4, 0.5) is 0 Å². The van der Waals surface area contributed by atoms with Gasteiger partial charge in [-0.3, -0.25) is 4.79 Å². The maximum absolute atomic E-state index is 13.4. The predicted octanol–water partition coefficient (Wildman–Crippen LogP) is 3.60. The summed E-state index contributed by atoms with van der Waals surface area (Å²) in [5.74, 6) is 0.923. The van der Waals surface area contributed by atoms with Gasteiger partial charge in [-0.25, -0.2) is 9.67 Å². The van der Waals surface area contributed by atoms with E-state index in [-0.39, 0.29) is 17.8 Å². The van der Waals surface area contributed by atoms with Gasteiger partial charge >= 0.3 is 0 Å². The van der Waals surface area contributed by atoms with Crippen LogP contribution in [0.15, 0.2) is 47.8 Å². The zero-order valence-corrected chi connectivity index (χ0v) is 16.9. The number of rotatable bonds is 6. The highest BCUT2D eigenvalue weighted by Gasteiger charge is 2.29. The third-order valence-corrected chi connectivity index (χ3v) is 5.88. The number of aromatic nitrogens is 3. The van der Waals surface area contributed by atoms with Crippen molar-refractivity contribution in [1.82, 2.24) is 25.0 Å². The Bertz CT molecular complexity index is 900. The van der Waals surface area contributed by atoms with E-state index in [1.54, 1.807) is 16.0 Å². The number of benzene rings is 1. The van der Waals surface area contributed by atoms with Crippen LogP contribution in [0.1, 0.15) is 36.8 Å². The molecule has 4 rings (SSSR count). The lowest BCUT2D eigenvalue weighted by atomic mass is 10.0. The fourth-order valence-corrected chi connectivity index (χ4v) is 4.35. The van der Waals surface area contributed by atoms with Crippen molar-refractivity contribution in [3.05, 3.63) is 53.7 Å². The summed E-state index contributed by atoms with van der Waals surface area (Å²) in [5.41, 5.74) is 0.904. The van der Waals surface area contributed by atoms with Crippen molar-refractivity contribution in [3.63, 3.8) is 0 Å². The molecular formula is C21H25N5OS. The number of amides is 1. The Balaban J connectivity index is 1.71. The molecule has 3 aromatic rings. The lowest BCUT2D eigenvalue weighted by Gasteiger charge is -2.33. The quantitative estimate of drug-likeness (QED) is 0.693. The van der Waals surface area contributed by atoms with Crippen LogP contribution >= 0.6 is 11.3 Å². The molecule has 2 aromatic heterocycles. The molecule has 1 saturated heterocycles. The standard InChI is InChI=1S/C21H25N5OS/c1-2-14-25(16-10-12-22-13-11-16)21(27)19-23-20(18-9-6-15-28-18)26(24-19)17-7-4-3-5-8-17/h3-9,15-16,22H,2,10-14H2,1H3. The summed E-state index contributed by atoms with van der Waals surface area (Å²) >= 11 is 1.60. The second-order valence-corrected chi connectivity index (χ2v) is 7.91. The zero-order valence-electron chi connectivity index (χ0n) is 16.0. The molecule has 0 bridgehead atoms. The second kappa shape index (κ2) is 8.67. The van der Waals surface area contributed by atoms with Gasteiger partial charge in [0.2, 0.25) is 5.82 Å². The first-order valence-corrected chi connectivity index (χ1v) is 10.7. The summed E-state index contributed by atoms with van der Waals surface area (Å²) in [5, 5.41) is 10.0. The molecule has 0 radical (unpaired) electrons. The number of para-hydroxylation sites is 1. The average Bonchev–Trinajstić information content (AvgIpc) is 3.42. The van der Waals surface area contributed by atoms with Gasteiger partial charge in [-0.1, -0.05) is 31.2 Å². The van der Waals surface area contributed by atoms with Gasteiger partial charge in [0.15, 0.2) is 5.82 Å². The Morgan fingerprint density at radius 3 is 2.68 bits per heavy atom. The summed E-state index contributed by atoms with van der Waals surface area (Å²) in [6, 6.07) is 14.1. The Morgan fingerprint density at radius 2 is 2.00 bits per heavy atom. The number of nitrogens with zero attached hydrogens (tertiary/aromatic N) is 4. The van der Waals surface area contributed by atoms with E-state index in [4.69, 9.17) is 0 Å². The highest BCUT2D eigenvalue weighted by Crippen LogP contribution is 2.26. The Hall–Kier alpha value is -2.51. The Labute approximate surface area is 169 Å². The number of hydrogen-bond acceptors (Lipinski definition) is 5. The summed E-state index contributed by atoms with van der Waals surface area (Å²) < 4.78 is 1.78. The summed E-state index contributed by atoms with van der Waals surface area (Å²) in [6.07, 6.45) is 2.87. The molecule has 146 valence electrons. The molecule has 0 spiro atoms. The lowest BCUT2D eigenvalue weighted by molar-refractivity contribution is 0.0630. The van der Waals surface area contributed by atoms with E-state index in [2.05, 4.69) is 22.3 Å². The second-order valence-electron chi connectivity index (χ2n) is 6.96. The number of carbonyl (C=O) groups excluding carboxylic acids is 1. The van der Waals surface area contributed by atoms with E-state index >= 15 is 0 Å². The van der Waals surface area contributed by atoms with Gasteiger partial charge in [0.25, 0.3) is 5.91 Å². The van der Waals surface area contributed by atoms with Gasteiger partial charge in [-0.15, -0.1) is 16.4 Å². The molecule has 1 aromatic carbocycles. The smallest absolute Gasteiger partial charge is 0.293 e. The molecule has 1 aliphatic rings. The van der Waals surface area contributed by atoms with Gasteiger partial charge in [-0.05, 0) is 55.9 Å². The van der Waals surface area contributed by atoms with E-state index in [1.165, 1.54) is 0 Å². The first-order valence-electron chi connectivity index (χ1n) is 9.86.